The maximum Gasteiger partial charge on any atom is 0.306 e. The molecule has 11 nitrogen and oxygen atoms in total. The molecule has 4 rings (SSSR count). The first-order chi connectivity index (χ1) is 18.4. The van der Waals surface area contributed by atoms with E-state index in [4.69, 9.17) is 23.4 Å². The van der Waals surface area contributed by atoms with Crippen molar-refractivity contribution in [2.75, 3.05) is 19.8 Å². The lowest BCUT2D eigenvalue weighted by Crippen LogP contribution is -2.60. The SMILES string of the molecule is CCOC(=O)CCc1cc2c(CCO)coc2c(OC2CCCCC2)c1O[C@@H]1O[C@H](CO)[C@@H](O)[C@H](O)[C@H]1O. The van der Waals surface area contributed by atoms with Crippen molar-refractivity contribution in [3.05, 3.63) is 23.5 Å². The number of fused-ring (bicyclic) bond motifs is 1. The fraction of sp³-hybridized carbons (Fsp3) is 0.667. The fourth-order valence-electron chi connectivity index (χ4n) is 5.06. The minimum atomic E-state index is -1.63. The Morgan fingerprint density at radius 1 is 0.974 bits per heavy atom. The fourth-order valence-corrected chi connectivity index (χ4v) is 5.06. The first-order valence-electron chi connectivity index (χ1n) is 13.3. The van der Waals surface area contributed by atoms with Crippen LogP contribution in [0.25, 0.3) is 11.0 Å². The van der Waals surface area contributed by atoms with E-state index in [1.165, 1.54) is 0 Å². The van der Waals surface area contributed by atoms with Gasteiger partial charge in [0, 0.05) is 24.0 Å². The Morgan fingerprint density at radius 3 is 2.42 bits per heavy atom. The van der Waals surface area contributed by atoms with Gasteiger partial charge in [-0.1, -0.05) is 6.42 Å². The summed E-state index contributed by atoms with van der Waals surface area (Å²) in [6.07, 6.45) is -0.598. The Labute approximate surface area is 220 Å². The molecule has 11 heteroatoms. The Morgan fingerprint density at radius 2 is 1.74 bits per heavy atom. The van der Waals surface area contributed by atoms with Crippen LogP contribution in [0.4, 0.5) is 0 Å². The zero-order valence-corrected chi connectivity index (χ0v) is 21.6. The topological polar surface area (TPSA) is 168 Å². The van der Waals surface area contributed by atoms with Crippen LogP contribution >= 0.6 is 0 Å². The molecule has 0 radical (unpaired) electrons. The van der Waals surface area contributed by atoms with Gasteiger partial charge in [-0.2, -0.15) is 0 Å². The molecular formula is C27H38O11. The van der Waals surface area contributed by atoms with E-state index in [0.717, 1.165) is 37.7 Å². The van der Waals surface area contributed by atoms with Crippen molar-refractivity contribution in [1.29, 1.82) is 0 Å². The van der Waals surface area contributed by atoms with E-state index >= 15 is 0 Å². The number of carbonyl (C=O) groups is 1. The second-order valence-electron chi connectivity index (χ2n) is 9.80. The normalized spacial score (nSPS) is 26.4. The van der Waals surface area contributed by atoms with Gasteiger partial charge < -0.3 is 48.9 Å². The number of benzene rings is 1. The summed E-state index contributed by atoms with van der Waals surface area (Å²) >= 11 is 0. The molecule has 0 spiro atoms. The quantitative estimate of drug-likeness (QED) is 0.262. The Bertz CT molecular complexity index is 1060. The predicted molar refractivity (Wildman–Crippen MR) is 134 cm³/mol. The van der Waals surface area contributed by atoms with E-state index < -0.39 is 43.3 Å². The van der Waals surface area contributed by atoms with Crippen LogP contribution in [0.1, 0.15) is 56.6 Å². The molecule has 1 saturated carbocycles. The molecule has 2 aromatic rings. The van der Waals surface area contributed by atoms with Crippen LogP contribution in [-0.4, -0.2) is 88.1 Å². The van der Waals surface area contributed by atoms with E-state index in [2.05, 4.69) is 0 Å². The molecule has 1 aliphatic carbocycles. The molecule has 1 aromatic carbocycles. The monoisotopic (exact) mass is 538 g/mol. The molecule has 0 amide bonds. The van der Waals surface area contributed by atoms with Crippen molar-refractivity contribution in [1.82, 2.24) is 0 Å². The Hall–Kier alpha value is -2.41. The zero-order valence-electron chi connectivity index (χ0n) is 21.6. The van der Waals surface area contributed by atoms with Crippen molar-refractivity contribution in [2.45, 2.75) is 95.1 Å². The summed E-state index contributed by atoms with van der Waals surface area (Å²) in [5, 5.41) is 51.0. The van der Waals surface area contributed by atoms with Crippen molar-refractivity contribution < 1.29 is 53.7 Å². The largest absolute Gasteiger partial charge is 0.483 e. The van der Waals surface area contributed by atoms with E-state index in [1.807, 2.05) is 0 Å². The molecule has 0 bridgehead atoms. The molecule has 212 valence electrons. The number of rotatable bonds is 11. The highest BCUT2D eigenvalue weighted by atomic mass is 16.7. The number of carbonyl (C=O) groups excluding carboxylic acids is 1. The minimum absolute atomic E-state index is 0.0421. The summed E-state index contributed by atoms with van der Waals surface area (Å²) in [7, 11) is 0. The third-order valence-corrected chi connectivity index (χ3v) is 7.14. The van der Waals surface area contributed by atoms with Gasteiger partial charge in [0.25, 0.3) is 0 Å². The van der Waals surface area contributed by atoms with Crippen LogP contribution in [0.15, 0.2) is 16.7 Å². The maximum absolute atomic E-state index is 12.2. The van der Waals surface area contributed by atoms with Crippen LogP contribution < -0.4 is 9.47 Å². The van der Waals surface area contributed by atoms with Gasteiger partial charge in [-0.3, -0.25) is 4.79 Å². The van der Waals surface area contributed by atoms with Gasteiger partial charge in [0.2, 0.25) is 12.0 Å². The number of hydrogen-bond donors (Lipinski definition) is 5. The molecule has 1 aliphatic heterocycles. The average Bonchev–Trinajstić information content (AvgIpc) is 3.32. The molecule has 1 saturated heterocycles. The Balaban J connectivity index is 1.78. The molecule has 2 aliphatic rings. The number of aliphatic hydroxyl groups excluding tert-OH is 5. The summed E-state index contributed by atoms with van der Waals surface area (Å²) in [6.45, 7) is 1.27. The lowest BCUT2D eigenvalue weighted by Gasteiger charge is -2.40. The summed E-state index contributed by atoms with van der Waals surface area (Å²) in [4.78, 5) is 12.2. The van der Waals surface area contributed by atoms with Gasteiger partial charge >= 0.3 is 5.97 Å². The van der Waals surface area contributed by atoms with Gasteiger partial charge in [-0.15, -0.1) is 0 Å². The lowest BCUT2D eigenvalue weighted by atomic mass is 9.97. The van der Waals surface area contributed by atoms with Crippen molar-refractivity contribution >= 4 is 16.9 Å². The second-order valence-corrected chi connectivity index (χ2v) is 9.80. The summed E-state index contributed by atoms with van der Waals surface area (Å²) in [5.41, 5.74) is 1.69. The molecule has 1 aromatic heterocycles. The van der Waals surface area contributed by atoms with Crippen LogP contribution in [0.2, 0.25) is 0 Å². The summed E-state index contributed by atoms with van der Waals surface area (Å²) in [5.74, 6) is 0.0416. The van der Waals surface area contributed by atoms with E-state index in [9.17, 15) is 30.3 Å². The van der Waals surface area contributed by atoms with Gasteiger partial charge in [0.15, 0.2) is 11.3 Å². The zero-order chi connectivity index (χ0) is 27.2. The molecular weight excluding hydrogens is 500 g/mol. The van der Waals surface area contributed by atoms with Gasteiger partial charge in [0.1, 0.15) is 24.4 Å². The number of esters is 1. The highest BCUT2D eigenvalue weighted by Gasteiger charge is 2.45. The van der Waals surface area contributed by atoms with Crippen LogP contribution in [-0.2, 0) is 27.1 Å². The van der Waals surface area contributed by atoms with Crippen molar-refractivity contribution in [3.8, 4) is 11.5 Å². The molecule has 38 heavy (non-hydrogen) atoms. The Kier molecular flexibility index (Phi) is 9.85. The molecule has 2 heterocycles. The van der Waals surface area contributed by atoms with E-state index in [-0.39, 0.29) is 43.7 Å². The molecule has 2 fully saturated rings. The van der Waals surface area contributed by atoms with Crippen LogP contribution in [0.5, 0.6) is 11.5 Å². The number of furan rings is 1. The van der Waals surface area contributed by atoms with Gasteiger partial charge in [0.05, 0.1) is 25.6 Å². The van der Waals surface area contributed by atoms with Crippen molar-refractivity contribution in [3.63, 3.8) is 0 Å². The predicted octanol–water partition coefficient (Wildman–Crippen LogP) is 1.35. The first kappa shape index (κ1) is 28.6. The molecule has 5 atom stereocenters. The van der Waals surface area contributed by atoms with E-state index in [1.54, 1.807) is 19.3 Å². The highest BCUT2D eigenvalue weighted by Crippen LogP contribution is 2.44. The van der Waals surface area contributed by atoms with Crippen molar-refractivity contribution in [2.24, 2.45) is 0 Å². The van der Waals surface area contributed by atoms with E-state index in [0.29, 0.717) is 23.0 Å². The van der Waals surface area contributed by atoms with Crippen LogP contribution in [0.3, 0.4) is 0 Å². The highest BCUT2D eigenvalue weighted by molar-refractivity contribution is 5.90. The lowest BCUT2D eigenvalue weighted by molar-refractivity contribution is -0.277. The minimum Gasteiger partial charge on any atom is -0.483 e. The molecule has 0 unspecified atom stereocenters. The first-order valence-corrected chi connectivity index (χ1v) is 13.3. The summed E-state index contributed by atoms with van der Waals surface area (Å²) < 4.78 is 29.2. The number of hydrogen-bond acceptors (Lipinski definition) is 11. The number of ether oxygens (including phenoxy) is 4. The second kappa shape index (κ2) is 13.1. The third-order valence-electron chi connectivity index (χ3n) is 7.14. The maximum atomic E-state index is 12.2. The van der Waals surface area contributed by atoms with Gasteiger partial charge in [-0.25, -0.2) is 0 Å². The standard InChI is InChI=1S/C27H38O11/c1-2-34-20(30)9-8-15-12-18-16(10-11-28)14-35-25(18)26(36-17-6-4-3-5-7-17)24(15)38-27-23(33)22(32)21(31)19(13-29)37-27/h12,14,17,19,21-23,27-29,31-33H,2-11,13H2,1H3/t19-,21-,22+,23-,27+/m1/s1. The smallest absolute Gasteiger partial charge is 0.306 e. The summed E-state index contributed by atoms with van der Waals surface area (Å²) in [6, 6.07) is 1.79. The third kappa shape index (κ3) is 6.24. The van der Waals surface area contributed by atoms with Gasteiger partial charge in [-0.05, 0) is 57.1 Å². The number of aliphatic hydroxyl groups is 5. The average molecular weight is 539 g/mol. The molecule has 5 N–H and O–H groups in total. The van der Waals surface area contributed by atoms with Crippen LogP contribution in [0, 0.1) is 0 Å². The number of aryl methyl sites for hydroxylation is 1.